The molecule has 3 rings (SSSR count). The zero-order valence-electron chi connectivity index (χ0n) is 11.4. The van der Waals surface area contributed by atoms with Crippen LogP contribution in [-0.4, -0.2) is 26.5 Å². The van der Waals surface area contributed by atoms with Crippen molar-refractivity contribution in [2.75, 3.05) is 6.54 Å². The number of para-hydroxylation sites is 1. The minimum absolute atomic E-state index is 0.681. The van der Waals surface area contributed by atoms with Crippen molar-refractivity contribution < 1.29 is 0 Å². The van der Waals surface area contributed by atoms with Crippen molar-refractivity contribution in [3.8, 4) is 0 Å². The molecule has 2 heterocycles. The Hall–Kier alpha value is -1.79. The predicted molar refractivity (Wildman–Crippen MR) is 80.7 cm³/mol. The van der Waals surface area contributed by atoms with E-state index in [4.69, 9.17) is 0 Å². The Kier molecular flexibility index (Phi) is 4.03. The minimum atomic E-state index is 0.681. The maximum atomic E-state index is 4.61. The second kappa shape index (κ2) is 6.11. The molecule has 5 nitrogen and oxygen atoms in total. The van der Waals surface area contributed by atoms with Crippen LogP contribution in [0.15, 0.2) is 30.5 Å². The molecule has 0 fully saturated rings. The fourth-order valence-corrected chi connectivity index (χ4v) is 2.98. The average Bonchev–Trinajstić information content (AvgIpc) is 3.05. The first kappa shape index (κ1) is 13.2. The monoisotopic (exact) mass is 287 g/mol. The van der Waals surface area contributed by atoms with Crippen LogP contribution in [-0.2, 0) is 13.1 Å². The van der Waals surface area contributed by atoms with Gasteiger partial charge in [0.25, 0.3) is 0 Å². The number of rotatable bonds is 6. The molecule has 0 bridgehead atoms. The molecule has 6 heteroatoms. The number of aromatic nitrogens is 4. The highest BCUT2D eigenvalue weighted by molar-refractivity contribution is 7.18. The molecule has 0 saturated heterocycles. The van der Waals surface area contributed by atoms with E-state index in [0.717, 1.165) is 35.7 Å². The molecule has 0 unspecified atom stereocenters. The molecule has 104 valence electrons. The van der Waals surface area contributed by atoms with Crippen LogP contribution < -0.4 is 5.32 Å². The summed E-state index contributed by atoms with van der Waals surface area (Å²) in [5.41, 5.74) is 2.03. The number of nitrogens with zero attached hydrogens (tertiary/aromatic N) is 4. The van der Waals surface area contributed by atoms with Gasteiger partial charge in [-0.1, -0.05) is 24.3 Å². The van der Waals surface area contributed by atoms with Gasteiger partial charge in [0.1, 0.15) is 5.01 Å². The first-order chi connectivity index (χ1) is 9.85. The third-order valence-electron chi connectivity index (χ3n) is 2.95. The number of benzene rings is 1. The van der Waals surface area contributed by atoms with Gasteiger partial charge in [-0.3, -0.25) is 0 Å². The molecule has 2 aromatic heterocycles. The van der Waals surface area contributed by atoms with E-state index in [1.807, 2.05) is 29.1 Å². The zero-order chi connectivity index (χ0) is 13.8. The number of nitrogens with one attached hydrogen (secondary N) is 1. The van der Waals surface area contributed by atoms with Crippen LogP contribution in [0.3, 0.4) is 0 Å². The molecule has 1 aromatic carbocycles. The normalized spacial score (nSPS) is 11.2. The smallest absolute Gasteiger partial charge is 0.115 e. The van der Waals surface area contributed by atoms with E-state index in [2.05, 4.69) is 33.6 Å². The van der Waals surface area contributed by atoms with Crippen LogP contribution in [0.5, 0.6) is 0 Å². The fraction of sp³-hybridized carbons (Fsp3) is 0.357. The SMILES string of the molecule is CCCNCc1cn(Cc2nc3ccccc3s2)nn1. The summed E-state index contributed by atoms with van der Waals surface area (Å²) in [5, 5.41) is 12.7. The lowest BCUT2D eigenvalue weighted by Crippen LogP contribution is -2.13. The molecular formula is C14H17N5S. The second-order valence-corrected chi connectivity index (χ2v) is 5.77. The highest BCUT2D eigenvalue weighted by Gasteiger charge is 2.06. The average molecular weight is 287 g/mol. The summed E-state index contributed by atoms with van der Waals surface area (Å²) in [6.45, 7) is 4.61. The first-order valence-electron chi connectivity index (χ1n) is 6.79. The van der Waals surface area contributed by atoms with Gasteiger partial charge in [-0.05, 0) is 25.1 Å². The molecule has 20 heavy (non-hydrogen) atoms. The standard InChI is InChI=1S/C14H17N5S/c1-2-7-15-8-11-9-19(18-17-11)10-14-16-12-5-3-4-6-13(12)20-14/h3-6,9,15H,2,7-8,10H2,1H3. The Bertz CT molecular complexity index is 655. The molecule has 0 aliphatic heterocycles. The van der Waals surface area contributed by atoms with Crippen molar-refractivity contribution >= 4 is 21.6 Å². The Morgan fingerprint density at radius 3 is 3.05 bits per heavy atom. The summed E-state index contributed by atoms with van der Waals surface area (Å²) in [6.07, 6.45) is 3.11. The van der Waals surface area contributed by atoms with Crippen molar-refractivity contribution in [3.05, 3.63) is 41.2 Å². The summed E-state index contributed by atoms with van der Waals surface area (Å²) < 4.78 is 3.06. The maximum absolute atomic E-state index is 4.61. The van der Waals surface area contributed by atoms with E-state index in [1.54, 1.807) is 11.3 Å². The summed E-state index contributed by atoms with van der Waals surface area (Å²) >= 11 is 1.71. The Morgan fingerprint density at radius 1 is 1.30 bits per heavy atom. The number of hydrogen-bond donors (Lipinski definition) is 1. The first-order valence-corrected chi connectivity index (χ1v) is 7.61. The van der Waals surface area contributed by atoms with Crippen LogP contribution in [0.4, 0.5) is 0 Å². The Labute approximate surface area is 121 Å². The zero-order valence-corrected chi connectivity index (χ0v) is 12.2. The molecule has 0 aliphatic rings. The predicted octanol–water partition coefficient (Wildman–Crippen LogP) is 2.44. The highest BCUT2D eigenvalue weighted by atomic mass is 32.1. The number of fused-ring (bicyclic) bond motifs is 1. The fourth-order valence-electron chi connectivity index (χ4n) is 2.02. The van der Waals surface area contributed by atoms with Gasteiger partial charge in [0.15, 0.2) is 0 Å². The van der Waals surface area contributed by atoms with Crippen LogP contribution >= 0.6 is 11.3 Å². The lowest BCUT2D eigenvalue weighted by molar-refractivity contribution is 0.643. The molecule has 0 saturated carbocycles. The van der Waals surface area contributed by atoms with Gasteiger partial charge in [0.05, 0.1) is 28.7 Å². The van der Waals surface area contributed by atoms with Crippen LogP contribution in [0.2, 0.25) is 0 Å². The Morgan fingerprint density at radius 2 is 2.20 bits per heavy atom. The van der Waals surface area contributed by atoms with Crippen molar-refractivity contribution in [3.63, 3.8) is 0 Å². The quantitative estimate of drug-likeness (QED) is 0.708. The summed E-state index contributed by atoms with van der Waals surface area (Å²) in [6, 6.07) is 8.19. The summed E-state index contributed by atoms with van der Waals surface area (Å²) in [7, 11) is 0. The highest BCUT2D eigenvalue weighted by Crippen LogP contribution is 2.21. The third kappa shape index (κ3) is 3.02. The van der Waals surface area contributed by atoms with Gasteiger partial charge in [0, 0.05) is 6.54 Å². The molecule has 0 radical (unpaired) electrons. The van der Waals surface area contributed by atoms with Gasteiger partial charge in [-0.25, -0.2) is 9.67 Å². The van der Waals surface area contributed by atoms with E-state index in [9.17, 15) is 0 Å². The Balaban J connectivity index is 1.68. The van der Waals surface area contributed by atoms with E-state index >= 15 is 0 Å². The van der Waals surface area contributed by atoms with Crippen molar-refractivity contribution in [2.24, 2.45) is 0 Å². The van der Waals surface area contributed by atoms with Crippen molar-refractivity contribution in [1.82, 2.24) is 25.3 Å². The molecule has 0 atom stereocenters. The second-order valence-electron chi connectivity index (χ2n) is 4.66. The van der Waals surface area contributed by atoms with Gasteiger partial charge in [-0.2, -0.15) is 0 Å². The molecule has 0 spiro atoms. The van der Waals surface area contributed by atoms with Gasteiger partial charge in [0.2, 0.25) is 0 Å². The molecule has 0 aliphatic carbocycles. The molecule has 0 amide bonds. The van der Waals surface area contributed by atoms with Crippen LogP contribution in [0.25, 0.3) is 10.2 Å². The van der Waals surface area contributed by atoms with E-state index in [-0.39, 0.29) is 0 Å². The van der Waals surface area contributed by atoms with E-state index in [1.165, 1.54) is 4.70 Å². The molecule has 3 aromatic rings. The largest absolute Gasteiger partial charge is 0.311 e. The lowest BCUT2D eigenvalue weighted by atomic mass is 10.3. The van der Waals surface area contributed by atoms with Crippen molar-refractivity contribution in [2.45, 2.75) is 26.4 Å². The topological polar surface area (TPSA) is 55.6 Å². The van der Waals surface area contributed by atoms with Crippen LogP contribution in [0.1, 0.15) is 24.0 Å². The maximum Gasteiger partial charge on any atom is 0.115 e. The van der Waals surface area contributed by atoms with Gasteiger partial charge < -0.3 is 5.32 Å². The lowest BCUT2D eigenvalue weighted by Gasteiger charge is -1.97. The molecule has 1 N–H and O–H groups in total. The number of thiazole rings is 1. The van der Waals surface area contributed by atoms with Crippen molar-refractivity contribution in [1.29, 1.82) is 0 Å². The third-order valence-corrected chi connectivity index (χ3v) is 3.98. The number of hydrogen-bond acceptors (Lipinski definition) is 5. The van der Waals surface area contributed by atoms with Crippen LogP contribution in [0, 0.1) is 0 Å². The van der Waals surface area contributed by atoms with Gasteiger partial charge >= 0.3 is 0 Å². The van der Waals surface area contributed by atoms with E-state index < -0.39 is 0 Å². The minimum Gasteiger partial charge on any atom is -0.311 e. The summed E-state index contributed by atoms with van der Waals surface area (Å²) in [4.78, 5) is 4.61. The van der Waals surface area contributed by atoms with Gasteiger partial charge in [-0.15, -0.1) is 16.4 Å². The molecular weight excluding hydrogens is 270 g/mol. The van der Waals surface area contributed by atoms with E-state index in [0.29, 0.717) is 6.54 Å². The summed E-state index contributed by atoms with van der Waals surface area (Å²) in [5.74, 6) is 0.